The van der Waals surface area contributed by atoms with E-state index in [9.17, 15) is 19.8 Å². The van der Waals surface area contributed by atoms with Crippen LogP contribution in [-0.4, -0.2) is 47.4 Å². The minimum Gasteiger partial charge on any atom is -0.466 e. The van der Waals surface area contributed by atoms with Crippen molar-refractivity contribution in [2.75, 3.05) is 13.2 Å². The van der Waals surface area contributed by atoms with Gasteiger partial charge in [-0.2, -0.15) is 0 Å². The Hall–Kier alpha value is -1.66. The summed E-state index contributed by atoms with van der Waals surface area (Å²) in [6, 6.07) is -0.537. The molecule has 0 aliphatic carbocycles. The molecule has 0 spiro atoms. The Balaban J connectivity index is 3.31. The molecular weight excluding hydrogens is 983 g/mol. The Kier molecular flexibility index (Phi) is 68.4. The van der Waals surface area contributed by atoms with Crippen LogP contribution in [0.4, 0.5) is 0 Å². The van der Waals surface area contributed by atoms with Crippen LogP contribution < -0.4 is 5.32 Å². The molecule has 0 bridgehead atoms. The maximum Gasteiger partial charge on any atom is 0.305 e. The number of unbranched alkanes of at least 4 members (excludes halogenated alkanes) is 54. The van der Waals surface area contributed by atoms with Crippen molar-refractivity contribution >= 4 is 11.9 Å². The number of carbonyl (C=O) groups is 2. The van der Waals surface area contributed by atoms with E-state index in [1.807, 2.05) is 0 Å². The maximum absolute atomic E-state index is 12.5. The first kappa shape index (κ1) is 78.3. The van der Waals surface area contributed by atoms with E-state index in [0.717, 1.165) is 44.9 Å². The van der Waals surface area contributed by atoms with Gasteiger partial charge in [0.05, 0.1) is 25.4 Å². The van der Waals surface area contributed by atoms with Gasteiger partial charge < -0.3 is 20.3 Å². The summed E-state index contributed by atoms with van der Waals surface area (Å²) in [7, 11) is 0. The number of ether oxygens (including phenoxy) is 1. The number of aliphatic hydroxyl groups excluding tert-OH is 2. The number of carbonyl (C=O) groups excluding carboxylic acids is 2. The van der Waals surface area contributed by atoms with Crippen LogP contribution in [-0.2, 0) is 14.3 Å². The van der Waals surface area contributed by atoms with E-state index >= 15 is 0 Å². The average molecular weight is 1130 g/mol. The van der Waals surface area contributed by atoms with Crippen LogP contribution in [0.3, 0.4) is 0 Å². The first-order chi connectivity index (χ1) is 39.5. The predicted molar refractivity (Wildman–Crippen MR) is 352 cm³/mol. The van der Waals surface area contributed by atoms with Crippen LogP contribution in [0.2, 0.25) is 0 Å². The highest BCUT2D eigenvalue weighted by Crippen LogP contribution is 2.19. The van der Waals surface area contributed by atoms with Crippen LogP contribution >= 0.6 is 0 Å². The molecular formula is C74H143NO5. The lowest BCUT2D eigenvalue weighted by atomic mass is 10.0. The van der Waals surface area contributed by atoms with Gasteiger partial charge >= 0.3 is 5.97 Å². The van der Waals surface area contributed by atoms with Crippen LogP contribution in [0.5, 0.6) is 0 Å². The number of hydrogen-bond donors (Lipinski definition) is 3. The summed E-state index contributed by atoms with van der Waals surface area (Å²) in [6.45, 7) is 4.94. The van der Waals surface area contributed by atoms with E-state index in [2.05, 4.69) is 43.5 Å². The van der Waals surface area contributed by atoms with Gasteiger partial charge in [0.25, 0.3) is 0 Å². The molecule has 0 fully saturated rings. The van der Waals surface area contributed by atoms with E-state index in [4.69, 9.17) is 4.74 Å². The van der Waals surface area contributed by atoms with Gasteiger partial charge in [-0.1, -0.05) is 353 Å². The molecule has 0 aliphatic heterocycles. The minimum atomic E-state index is -0.660. The first-order valence-electron chi connectivity index (χ1n) is 36.6. The Morgan fingerprint density at radius 3 is 0.925 bits per heavy atom. The number of nitrogens with one attached hydrogen (secondary N) is 1. The molecule has 0 aromatic rings. The Bertz CT molecular complexity index is 1250. The molecule has 0 radical (unpaired) electrons. The lowest BCUT2D eigenvalue weighted by Gasteiger charge is -2.22. The smallest absolute Gasteiger partial charge is 0.305 e. The quantitative estimate of drug-likeness (QED) is 0.0320. The molecule has 2 atom stereocenters. The van der Waals surface area contributed by atoms with Crippen LogP contribution in [0, 0.1) is 0 Å². The molecule has 3 N–H and O–H groups in total. The van der Waals surface area contributed by atoms with Gasteiger partial charge in [0.15, 0.2) is 0 Å². The number of esters is 1. The van der Waals surface area contributed by atoms with E-state index in [0.29, 0.717) is 25.9 Å². The average Bonchev–Trinajstić information content (AvgIpc) is 3.46. The highest BCUT2D eigenvalue weighted by Gasteiger charge is 2.20. The second-order valence-corrected chi connectivity index (χ2v) is 25.3. The molecule has 0 aliphatic rings. The van der Waals surface area contributed by atoms with Crippen molar-refractivity contribution in [3.8, 4) is 0 Å². The summed E-state index contributed by atoms with van der Waals surface area (Å²) in [5.41, 5.74) is 0. The molecule has 0 aromatic carbocycles. The highest BCUT2D eigenvalue weighted by atomic mass is 16.5. The normalized spacial score (nSPS) is 12.6. The number of rotatable bonds is 69. The summed E-state index contributed by atoms with van der Waals surface area (Å²) in [6.07, 6.45) is 88.3. The SMILES string of the molecule is CCCC/C=C\CCCCCCCC(=O)OCCCCCCCCCCCCCCCCCCCC/C=C\CCCCCCCCCCCCCCCCCCCC(=O)NC(CO)C(O)CCCCCCCCCCCCCCC. The zero-order valence-electron chi connectivity index (χ0n) is 54.3. The van der Waals surface area contributed by atoms with Crippen molar-refractivity contribution in [1.29, 1.82) is 0 Å². The predicted octanol–water partition coefficient (Wildman–Crippen LogP) is 23.7. The monoisotopic (exact) mass is 1130 g/mol. The second kappa shape index (κ2) is 69.8. The third-order valence-corrected chi connectivity index (χ3v) is 17.2. The fourth-order valence-electron chi connectivity index (χ4n) is 11.6. The Morgan fingerprint density at radius 1 is 0.338 bits per heavy atom. The van der Waals surface area contributed by atoms with E-state index in [1.165, 1.54) is 334 Å². The van der Waals surface area contributed by atoms with Gasteiger partial charge in [-0.15, -0.1) is 0 Å². The fraction of sp³-hybridized carbons (Fsp3) is 0.919. The van der Waals surface area contributed by atoms with E-state index in [-0.39, 0.29) is 18.5 Å². The van der Waals surface area contributed by atoms with Crippen molar-refractivity contribution in [2.24, 2.45) is 0 Å². The summed E-state index contributed by atoms with van der Waals surface area (Å²) in [4.78, 5) is 24.5. The van der Waals surface area contributed by atoms with Gasteiger partial charge in [-0.25, -0.2) is 0 Å². The van der Waals surface area contributed by atoms with E-state index in [1.54, 1.807) is 0 Å². The molecule has 0 aromatic heterocycles. The molecule has 0 rings (SSSR count). The number of hydrogen-bond acceptors (Lipinski definition) is 5. The highest BCUT2D eigenvalue weighted by molar-refractivity contribution is 5.76. The number of aliphatic hydroxyl groups is 2. The second-order valence-electron chi connectivity index (χ2n) is 25.3. The number of amides is 1. The fourth-order valence-corrected chi connectivity index (χ4v) is 11.6. The molecule has 474 valence electrons. The van der Waals surface area contributed by atoms with Crippen molar-refractivity contribution in [3.05, 3.63) is 24.3 Å². The van der Waals surface area contributed by atoms with Crippen LogP contribution in [0.15, 0.2) is 24.3 Å². The number of allylic oxidation sites excluding steroid dienone is 4. The van der Waals surface area contributed by atoms with Crippen LogP contribution in [0.25, 0.3) is 0 Å². The summed E-state index contributed by atoms with van der Waals surface area (Å²) in [5, 5.41) is 23.3. The van der Waals surface area contributed by atoms with Crippen molar-refractivity contribution in [2.45, 2.75) is 424 Å². The summed E-state index contributed by atoms with van der Waals surface area (Å²) >= 11 is 0. The molecule has 1 amide bonds. The Morgan fingerprint density at radius 2 is 0.600 bits per heavy atom. The van der Waals surface area contributed by atoms with Gasteiger partial charge in [-0.05, 0) is 70.6 Å². The molecule has 6 heteroatoms. The summed E-state index contributed by atoms with van der Waals surface area (Å²) < 4.78 is 5.47. The molecule has 80 heavy (non-hydrogen) atoms. The van der Waals surface area contributed by atoms with Gasteiger partial charge in [-0.3, -0.25) is 9.59 Å². The standard InChI is InChI=1S/C74H143NO5/c1-3-5-7-9-11-13-15-43-47-50-54-58-62-66-72(77)71(70-76)75-73(78)67-63-59-55-51-48-44-41-39-37-35-33-31-29-27-25-23-21-19-17-16-18-20-22-24-26-28-30-32-34-36-38-40-42-45-49-53-57-61-65-69-80-74(79)68-64-60-56-52-46-14-12-10-8-6-4-2/h10,12,16-17,71-72,76-77H,3-9,11,13-15,18-70H2,1-2H3,(H,75,78)/b12-10-,17-16-. The zero-order chi connectivity index (χ0) is 57.8. The molecule has 0 heterocycles. The third-order valence-electron chi connectivity index (χ3n) is 17.2. The Labute approximate surface area is 501 Å². The van der Waals surface area contributed by atoms with Gasteiger partial charge in [0.1, 0.15) is 0 Å². The topological polar surface area (TPSA) is 95.9 Å². The summed E-state index contributed by atoms with van der Waals surface area (Å²) in [5.74, 6) is -0.0166. The van der Waals surface area contributed by atoms with E-state index < -0.39 is 12.1 Å². The lowest BCUT2D eigenvalue weighted by molar-refractivity contribution is -0.143. The van der Waals surface area contributed by atoms with Crippen LogP contribution in [0.1, 0.15) is 412 Å². The molecule has 2 unspecified atom stereocenters. The molecule has 6 nitrogen and oxygen atoms in total. The zero-order valence-corrected chi connectivity index (χ0v) is 54.3. The van der Waals surface area contributed by atoms with Crippen molar-refractivity contribution in [3.63, 3.8) is 0 Å². The largest absolute Gasteiger partial charge is 0.466 e. The molecule has 0 saturated heterocycles. The third kappa shape index (κ3) is 65.5. The van der Waals surface area contributed by atoms with Crippen molar-refractivity contribution < 1.29 is 24.5 Å². The van der Waals surface area contributed by atoms with Gasteiger partial charge in [0.2, 0.25) is 5.91 Å². The molecule has 0 saturated carbocycles. The maximum atomic E-state index is 12.5. The van der Waals surface area contributed by atoms with Gasteiger partial charge in [0, 0.05) is 12.8 Å². The first-order valence-corrected chi connectivity index (χ1v) is 36.6. The lowest BCUT2D eigenvalue weighted by Crippen LogP contribution is -2.45. The minimum absolute atomic E-state index is 0.0117. The van der Waals surface area contributed by atoms with Crippen molar-refractivity contribution in [1.82, 2.24) is 5.32 Å².